The van der Waals surface area contributed by atoms with Crippen LogP contribution in [-0.4, -0.2) is 14.7 Å². The molecule has 0 atom stereocenters. The van der Waals surface area contributed by atoms with Crippen LogP contribution in [0.4, 0.5) is 5.69 Å². The minimum atomic E-state index is -3.21. The third-order valence-electron chi connectivity index (χ3n) is 2.40. The summed E-state index contributed by atoms with van der Waals surface area (Å²) in [5.41, 5.74) is 1.72. The molecule has 0 aliphatic carbocycles. The van der Waals surface area contributed by atoms with E-state index in [9.17, 15) is 8.42 Å². The number of nitrogens with one attached hydrogen (secondary N) is 1. The molecule has 2 aromatic rings. The molecule has 96 valence electrons. The fourth-order valence-electron chi connectivity index (χ4n) is 1.74. The lowest BCUT2D eigenvalue weighted by molar-refractivity contribution is 0.607. The predicted octanol–water partition coefficient (Wildman–Crippen LogP) is 3.02. The molecule has 0 saturated carbocycles. The van der Waals surface area contributed by atoms with E-state index in [0.29, 0.717) is 5.69 Å². The Hall–Kier alpha value is -1.33. The highest BCUT2D eigenvalue weighted by Crippen LogP contribution is 2.20. The van der Waals surface area contributed by atoms with Gasteiger partial charge in [0.2, 0.25) is 10.0 Å². The lowest BCUT2D eigenvalue weighted by Gasteiger charge is -2.05. The SMILES string of the molecule is Cc1ccc(Cc2cccc(NS(C)(=O)=O)c2)s1. The zero-order valence-electron chi connectivity index (χ0n) is 10.3. The predicted molar refractivity (Wildman–Crippen MR) is 76.8 cm³/mol. The zero-order chi connectivity index (χ0) is 13.2. The first-order valence-electron chi connectivity index (χ1n) is 5.54. The van der Waals surface area contributed by atoms with Gasteiger partial charge in [0.05, 0.1) is 6.26 Å². The molecule has 0 bridgehead atoms. The fourth-order valence-corrected chi connectivity index (χ4v) is 3.22. The summed E-state index contributed by atoms with van der Waals surface area (Å²) in [6, 6.07) is 11.7. The van der Waals surface area contributed by atoms with Gasteiger partial charge in [-0.15, -0.1) is 11.3 Å². The zero-order valence-corrected chi connectivity index (χ0v) is 11.9. The largest absolute Gasteiger partial charge is 0.284 e. The number of anilines is 1. The minimum absolute atomic E-state index is 0.614. The molecule has 0 spiro atoms. The summed E-state index contributed by atoms with van der Waals surface area (Å²) in [5, 5.41) is 0. The second kappa shape index (κ2) is 5.12. The highest BCUT2D eigenvalue weighted by Gasteiger charge is 2.04. The molecule has 1 aromatic heterocycles. The maximum absolute atomic E-state index is 11.2. The van der Waals surface area contributed by atoms with Crippen molar-refractivity contribution in [1.29, 1.82) is 0 Å². The summed E-state index contributed by atoms with van der Waals surface area (Å²) in [6.07, 6.45) is 1.99. The highest BCUT2D eigenvalue weighted by molar-refractivity contribution is 7.92. The molecular formula is C13H15NO2S2. The Morgan fingerprint density at radius 3 is 2.61 bits per heavy atom. The first-order valence-corrected chi connectivity index (χ1v) is 8.25. The number of thiophene rings is 1. The second-order valence-electron chi connectivity index (χ2n) is 4.26. The van der Waals surface area contributed by atoms with Gasteiger partial charge in [0.25, 0.3) is 0 Å². The van der Waals surface area contributed by atoms with Crippen LogP contribution in [0, 0.1) is 6.92 Å². The number of hydrogen-bond acceptors (Lipinski definition) is 3. The molecule has 0 amide bonds. The second-order valence-corrected chi connectivity index (χ2v) is 7.38. The van der Waals surface area contributed by atoms with Gasteiger partial charge >= 0.3 is 0 Å². The van der Waals surface area contributed by atoms with Crippen molar-refractivity contribution in [2.75, 3.05) is 11.0 Å². The van der Waals surface area contributed by atoms with Crippen LogP contribution in [0.25, 0.3) is 0 Å². The van der Waals surface area contributed by atoms with Crippen LogP contribution in [0.2, 0.25) is 0 Å². The number of benzene rings is 1. The van der Waals surface area contributed by atoms with E-state index in [4.69, 9.17) is 0 Å². The van der Waals surface area contributed by atoms with Crippen LogP contribution in [0.5, 0.6) is 0 Å². The Balaban J connectivity index is 2.17. The molecule has 0 aliphatic rings. The quantitative estimate of drug-likeness (QED) is 0.936. The first-order chi connectivity index (χ1) is 8.42. The molecule has 0 saturated heterocycles. The Morgan fingerprint density at radius 1 is 1.22 bits per heavy atom. The van der Waals surface area contributed by atoms with E-state index in [1.54, 1.807) is 17.4 Å². The van der Waals surface area contributed by atoms with Gasteiger partial charge in [-0.2, -0.15) is 0 Å². The van der Waals surface area contributed by atoms with Gasteiger partial charge in [0, 0.05) is 21.9 Å². The number of rotatable bonds is 4. The van der Waals surface area contributed by atoms with Crippen molar-refractivity contribution in [2.24, 2.45) is 0 Å². The summed E-state index contributed by atoms with van der Waals surface area (Å²) in [7, 11) is -3.21. The molecule has 18 heavy (non-hydrogen) atoms. The van der Waals surface area contributed by atoms with E-state index >= 15 is 0 Å². The van der Waals surface area contributed by atoms with Crippen LogP contribution < -0.4 is 4.72 Å². The van der Waals surface area contributed by atoms with Crippen molar-refractivity contribution < 1.29 is 8.42 Å². The van der Waals surface area contributed by atoms with E-state index in [1.807, 2.05) is 18.2 Å². The topological polar surface area (TPSA) is 46.2 Å². The molecule has 0 unspecified atom stereocenters. The average Bonchev–Trinajstić information content (AvgIpc) is 2.62. The number of hydrogen-bond donors (Lipinski definition) is 1. The van der Waals surface area contributed by atoms with Crippen LogP contribution in [-0.2, 0) is 16.4 Å². The van der Waals surface area contributed by atoms with Gasteiger partial charge in [0.1, 0.15) is 0 Å². The Morgan fingerprint density at radius 2 is 2.00 bits per heavy atom. The minimum Gasteiger partial charge on any atom is -0.284 e. The highest BCUT2D eigenvalue weighted by atomic mass is 32.2. The van der Waals surface area contributed by atoms with Crippen molar-refractivity contribution in [3.05, 3.63) is 51.7 Å². The van der Waals surface area contributed by atoms with Gasteiger partial charge in [-0.05, 0) is 36.8 Å². The molecule has 1 aromatic carbocycles. The smallest absolute Gasteiger partial charge is 0.229 e. The van der Waals surface area contributed by atoms with Crippen molar-refractivity contribution in [3.8, 4) is 0 Å². The first kappa shape index (κ1) is 13.1. The normalized spacial score (nSPS) is 11.4. The van der Waals surface area contributed by atoms with Crippen LogP contribution in [0.3, 0.4) is 0 Å². The van der Waals surface area contributed by atoms with E-state index in [-0.39, 0.29) is 0 Å². The third-order valence-corrected chi connectivity index (χ3v) is 4.01. The Kier molecular flexibility index (Phi) is 3.73. The third kappa shape index (κ3) is 3.85. The summed E-state index contributed by atoms with van der Waals surface area (Å²) < 4.78 is 24.8. The van der Waals surface area contributed by atoms with Gasteiger partial charge in [0.15, 0.2) is 0 Å². The lowest BCUT2D eigenvalue weighted by Crippen LogP contribution is -2.09. The number of sulfonamides is 1. The maximum atomic E-state index is 11.2. The van der Waals surface area contributed by atoms with E-state index < -0.39 is 10.0 Å². The van der Waals surface area contributed by atoms with Crippen LogP contribution >= 0.6 is 11.3 Å². The Bertz CT molecular complexity index is 645. The van der Waals surface area contributed by atoms with Crippen molar-refractivity contribution in [3.63, 3.8) is 0 Å². The van der Waals surface area contributed by atoms with Crippen molar-refractivity contribution in [2.45, 2.75) is 13.3 Å². The van der Waals surface area contributed by atoms with Gasteiger partial charge in [-0.25, -0.2) is 8.42 Å². The molecular weight excluding hydrogens is 266 g/mol. The molecule has 0 aliphatic heterocycles. The average molecular weight is 281 g/mol. The van der Waals surface area contributed by atoms with Crippen molar-refractivity contribution >= 4 is 27.0 Å². The lowest BCUT2D eigenvalue weighted by atomic mass is 10.1. The Labute approximate surface area is 112 Å². The number of aryl methyl sites for hydroxylation is 1. The van der Waals surface area contributed by atoms with Gasteiger partial charge in [-0.1, -0.05) is 12.1 Å². The van der Waals surface area contributed by atoms with Crippen LogP contribution in [0.15, 0.2) is 36.4 Å². The van der Waals surface area contributed by atoms with Crippen molar-refractivity contribution in [1.82, 2.24) is 0 Å². The van der Waals surface area contributed by atoms with E-state index in [0.717, 1.165) is 18.2 Å². The molecule has 0 radical (unpaired) electrons. The molecule has 1 N–H and O–H groups in total. The van der Waals surface area contributed by atoms with E-state index in [2.05, 4.69) is 23.8 Å². The van der Waals surface area contributed by atoms with Crippen LogP contribution in [0.1, 0.15) is 15.3 Å². The molecule has 1 heterocycles. The monoisotopic (exact) mass is 281 g/mol. The maximum Gasteiger partial charge on any atom is 0.229 e. The molecule has 3 nitrogen and oxygen atoms in total. The standard InChI is InChI=1S/C13H15NO2S2/c1-10-6-7-13(17-10)9-11-4-3-5-12(8-11)14-18(2,15)16/h3-8,14H,9H2,1-2H3. The summed E-state index contributed by atoms with van der Waals surface area (Å²) >= 11 is 1.76. The fraction of sp³-hybridized carbons (Fsp3) is 0.231. The van der Waals surface area contributed by atoms with Gasteiger partial charge < -0.3 is 0 Å². The van der Waals surface area contributed by atoms with E-state index in [1.165, 1.54) is 9.75 Å². The molecule has 0 fully saturated rings. The molecule has 2 rings (SSSR count). The summed E-state index contributed by atoms with van der Waals surface area (Å²) in [5.74, 6) is 0. The van der Waals surface area contributed by atoms with Gasteiger partial charge in [-0.3, -0.25) is 4.72 Å². The molecule has 5 heteroatoms. The summed E-state index contributed by atoms with van der Waals surface area (Å²) in [6.45, 7) is 2.08. The summed E-state index contributed by atoms with van der Waals surface area (Å²) in [4.78, 5) is 2.57.